The number of hydrogen-bond acceptors (Lipinski definition) is 2. The van der Waals surface area contributed by atoms with Gasteiger partial charge >= 0.3 is 0 Å². The molecule has 1 aromatic rings. The molecule has 1 unspecified atom stereocenters. The number of halogens is 1. The molecule has 0 aromatic carbocycles. The molecule has 0 aliphatic heterocycles. The Morgan fingerprint density at radius 1 is 1.25 bits per heavy atom. The smallest absolute Gasteiger partial charge is 0.0701 e. The van der Waals surface area contributed by atoms with Crippen LogP contribution in [0.15, 0.2) is 15.9 Å². The lowest BCUT2D eigenvalue weighted by molar-refractivity contribution is 0.0971. The molecule has 0 amide bonds. The van der Waals surface area contributed by atoms with Crippen molar-refractivity contribution < 1.29 is 5.11 Å². The number of thiophene rings is 1. The van der Waals surface area contributed by atoms with Crippen molar-refractivity contribution in [2.45, 2.75) is 52.1 Å². The predicted molar refractivity (Wildman–Crippen MR) is 75.0 cm³/mol. The minimum Gasteiger partial charge on any atom is -0.392 e. The molecule has 0 aliphatic rings. The summed E-state index contributed by atoms with van der Waals surface area (Å²) in [6, 6.07) is 4.16. The van der Waals surface area contributed by atoms with Gasteiger partial charge in [0.1, 0.15) is 0 Å². The van der Waals surface area contributed by atoms with Crippen LogP contribution in [-0.4, -0.2) is 11.2 Å². The Balaban J connectivity index is 2.50. The van der Waals surface area contributed by atoms with Crippen LogP contribution in [0.2, 0.25) is 0 Å². The van der Waals surface area contributed by atoms with E-state index in [9.17, 15) is 5.11 Å². The van der Waals surface area contributed by atoms with Gasteiger partial charge in [0.05, 0.1) is 9.89 Å². The van der Waals surface area contributed by atoms with Crippen molar-refractivity contribution in [3.8, 4) is 0 Å². The first kappa shape index (κ1) is 14.2. The lowest BCUT2D eigenvalue weighted by Gasteiger charge is -2.21. The van der Waals surface area contributed by atoms with Crippen LogP contribution in [0.5, 0.6) is 0 Å². The average Bonchev–Trinajstić information content (AvgIpc) is 2.63. The Morgan fingerprint density at radius 2 is 1.88 bits per heavy atom. The summed E-state index contributed by atoms with van der Waals surface area (Å²) in [4.78, 5) is 1.27. The number of aliphatic hydroxyl groups excluding tert-OH is 1. The highest BCUT2D eigenvalue weighted by Crippen LogP contribution is 2.26. The van der Waals surface area contributed by atoms with Gasteiger partial charge < -0.3 is 5.11 Å². The zero-order chi connectivity index (χ0) is 12.0. The number of hydrogen-bond donors (Lipinski definition) is 1. The van der Waals surface area contributed by atoms with Gasteiger partial charge in [-0.2, -0.15) is 0 Å². The highest BCUT2D eigenvalue weighted by molar-refractivity contribution is 9.11. The van der Waals surface area contributed by atoms with Crippen LogP contribution in [0.1, 0.15) is 44.4 Å². The van der Waals surface area contributed by atoms with Gasteiger partial charge in [-0.05, 0) is 46.8 Å². The molecule has 92 valence electrons. The van der Waals surface area contributed by atoms with Crippen LogP contribution in [0.4, 0.5) is 0 Å². The van der Waals surface area contributed by atoms with Gasteiger partial charge in [0.15, 0.2) is 0 Å². The van der Waals surface area contributed by atoms with Gasteiger partial charge in [0.25, 0.3) is 0 Å². The van der Waals surface area contributed by atoms with E-state index in [2.05, 4.69) is 41.9 Å². The summed E-state index contributed by atoms with van der Waals surface area (Å²) >= 11 is 5.18. The van der Waals surface area contributed by atoms with E-state index in [-0.39, 0.29) is 6.10 Å². The summed E-state index contributed by atoms with van der Waals surface area (Å²) in [5, 5.41) is 10.2. The van der Waals surface area contributed by atoms with Gasteiger partial charge in [0.2, 0.25) is 0 Å². The maximum absolute atomic E-state index is 10.2. The quantitative estimate of drug-likeness (QED) is 0.778. The van der Waals surface area contributed by atoms with E-state index < -0.39 is 0 Å². The van der Waals surface area contributed by atoms with Crippen LogP contribution in [0.25, 0.3) is 0 Å². The maximum atomic E-state index is 10.2. The monoisotopic (exact) mass is 304 g/mol. The number of rotatable bonds is 7. The van der Waals surface area contributed by atoms with Gasteiger partial charge in [-0.1, -0.05) is 26.7 Å². The Kier molecular flexibility index (Phi) is 6.62. The van der Waals surface area contributed by atoms with Gasteiger partial charge in [-0.15, -0.1) is 11.3 Å². The molecular formula is C13H21BrOS. The molecule has 1 atom stereocenters. The van der Waals surface area contributed by atoms with Crippen LogP contribution < -0.4 is 0 Å². The Morgan fingerprint density at radius 3 is 2.31 bits per heavy atom. The summed E-state index contributed by atoms with van der Waals surface area (Å²) < 4.78 is 1.15. The van der Waals surface area contributed by atoms with E-state index in [0.717, 1.165) is 35.9 Å². The molecule has 0 saturated heterocycles. The second-order valence-corrected chi connectivity index (χ2v) is 6.86. The minimum absolute atomic E-state index is 0.176. The molecule has 0 fully saturated rings. The molecule has 0 radical (unpaired) electrons. The molecule has 1 N–H and O–H groups in total. The van der Waals surface area contributed by atoms with Crippen molar-refractivity contribution in [1.82, 2.24) is 0 Å². The number of aliphatic hydroxyl groups is 1. The van der Waals surface area contributed by atoms with Crippen LogP contribution in [0.3, 0.4) is 0 Å². The third kappa shape index (κ3) is 4.56. The first-order chi connectivity index (χ1) is 7.67. The third-order valence-electron chi connectivity index (χ3n) is 2.90. The van der Waals surface area contributed by atoms with Gasteiger partial charge in [-0.25, -0.2) is 0 Å². The summed E-state index contributed by atoms with van der Waals surface area (Å²) in [5.74, 6) is 0.468. The molecule has 1 aromatic heterocycles. The van der Waals surface area contributed by atoms with E-state index in [0.29, 0.717) is 5.92 Å². The summed E-state index contributed by atoms with van der Waals surface area (Å²) in [5.41, 5.74) is 0. The van der Waals surface area contributed by atoms with Crippen molar-refractivity contribution in [2.24, 2.45) is 5.92 Å². The highest BCUT2D eigenvalue weighted by Gasteiger charge is 2.18. The SMILES string of the molecule is CCCC(CCC)C(O)Cc1ccc(Br)s1. The van der Waals surface area contributed by atoms with E-state index in [4.69, 9.17) is 0 Å². The lowest BCUT2D eigenvalue weighted by atomic mass is 9.90. The zero-order valence-corrected chi connectivity index (χ0v) is 12.5. The normalized spacial score (nSPS) is 13.3. The fourth-order valence-electron chi connectivity index (χ4n) is 2.10. The first-order valence-corrected chi connectivity index (χ1v) is 7.70. The van der Waals surface area contributed by atoms with Crippen LogP contribution >= 0.6 is 27.3 Å². The van der Waals surface area contributed by atoms with Crippen molar-refractivity contribution in [3.63, 3.8) is 0 Å². The molecule has 1 rings (SSSR count). The van der Waals surface area contributed by atoms with Gasteiger partial charge in [0, 0.05) is 11.3 Å². The summed E-state index contributed by atoms with van der Waals surface area (Å²) in [7, 11) is 0. The third-order valence-corrected chi connectivity index (χ3v) is 4.55. The molecule has 1 nitrogen and oxygen atoms in total. The van der Waals surface area contributed by atoms with Crippen molar-refractivity contribution in [2.75, 3.05) is 0 Å². The highest BCUT2D eigenvalue weighted by atomic mass is 79.9. The molecule has 0 spiro atoms. The van der Waals surface area contributed by atoms with Crippen LogP contribution in [0, 0.1) is 5.92 Å². The second kappa shape index (κ2) is 7.46. The van der Waals surface area contributed by atoms with Crippen LogP contribution in [-0.2, 0) is 6.42 Å². The fourth-order valence-corrected chi connectivity index (χ4v) is 3.64. The van der Waals surface area contributed by atoms with E-state index in [1.54, 1.807) is 11.3 Å². The molecule has 0 aliphatic carbocycles. The molecular weight excluding hydrogens is 284 g/mol. The lowest BCUT2D eigenvalue weighted by Crippen LogP contribution is -2.22. The predicted octanol–water partition coefficient (Wildman–Crippen LogP) is 4.63. The summed E-state index contributed by atoms with van der Waals surface area (Å²) in [6.07, 6.45) is 5.24. The molecule has 0 saturated carbocycles. The van der Waals surface area contributed by atoms with E-state index >= 15 is 0 Å². The second-order valence-electron chi connectivity index (χ2n) is 4.31. The molecule has 1 heterocycles. The average molecular weight is 305 g/mol. The van der Waals surface area contributed by atoms with Crippen molar-refractivity contribution >= 4 is 27.3 Å². The van der Waals surface area contributed by atoms with Crippen molar-refractivity contribution in [1.29, 1.82) is 0 Å². The molecule has 3 heteroatoms. The maximum Gasteiger partial charge on any atom is 0.0701 e. The fraction of sp³-hybridized carbons (Fsp3) is 0.692. The van der Waals surface area contributed by atoms with E-state index in [1.165, 1.54) is 4.88 Å². The largest absolute Gasteiger partial charge is 0.392 e. The van der Waals surface area contributed by atoms with Gasteiger partial charge in [-0.3, -0.25) is 0 Å². The van der Waals surface area contributed by atoms with Crippen molar-refractivity contribution in [3.05, 3.63) is 20.8 Å². The zero-order valence-electron chi connectivity index (χ0n) is 10.1. The van der Waals surface area contributed by atoms with E-state index in [1.807, 2.05) is 0 Å². The molecule has 16 heavy (non-hydrogen) atoms. The summed E-state index contributed by atoms with van der Waals surface area (Å²) in [6.45, 7) is 4.38. The standard InChI is InChI=1S/C13H21BrOS/c1-3-5-10(6-4-2)12(15)9-11-7-8-13(14)16-11/h7-8,10,12,15H,3-6,9H2,1-2H3. The molecule has 0 bridgehead atoms. The topological polar surface area (TPSA) is 20.2 Å². The minimum atomic E-state index is -0.176. The Bertz CT molecular complexity index is 292. The Labute approximate surface area is 111 Å². The Hall–Kier alpha value is 0.140. The first-order valence-electron chi connectivity index (χ1n) is 6.09.